The average molecular weight is 317 g/mol. The molecule has 3 rings (SSSR count). The van der Waals surface area contributed by atoms with Gasteiger partial charge in [-0.3, -0.25) is 4.79 Å². The summed E-state index contributed by atoms with van der Waals surface area (Å²) in [6.45, 7) is 0.371. The van der Waals surface area contributed by atoms with Crippen LogP contribution in [0.25, 0.3) is 10.9 Å². The van der Waals surface area contributed by atoms with Gasteiger partial charge in [-0.25, -0.2) is 4.39 Å². The van der Waals surface area contributed by atoms with E-state index >= 15 is 0 Å². The smallest absolute Gasteiger partial charge is 0.267 e. The maximum atomic E-state index is 13.5. The first-order chi connectivity index (χ1) is 10.6. The fraction of sp³-hybridized carbons (Fsp3) is 0.118. The molecule has 0 spiro atoms. The Morgan fingerprint density at radius 3 is 2.82 bits per heavy atom. The van der Waals surface area contributed by atoms with Crippen molar-refractivity contribution < 1.29 is 9.18 Å². The molecule has 3 nitrogen and oxygen atoms in total. The Hall–Kier alpha value is -2.33. The van der Waals surface area contributed by atoms with Crippen LogP contribution < -0.4 is 5.32 Å². The van der Waals surface area contributed by atoms with Crippen LogP contribution in [-0.4, -0.2) is 17.4 Å². The third-order valence-corrected chi connectivity index (χ3v) is 3.70. The van der Waals surface area contributed by atoms with Crippen LogP contribution in [0.15, 0.2) is 48.5 Å². The molecule has 0 saturated heterocycles. The van der Waals surface area contributed by atoms with Crippen molar-refractivity contribution in [2.24, 2.45) is 0 Å². The number of halogens is 2. The van der Waals surface area contributed by atoms with Crippen molar-refractivity contribution in [3.8, 4) is 0 Å². The average Bonchev–Trinajstić information content (AvgIpc) is 2.92. The lowest BCUT2D eigenvalue weighted by Gasteiger charge is -2.05. The van der Waals surface area contributed by atoms with Gasteiger partial charge in [0.25, 0.3) is 5.91 Å². The molecule has 2 aromatic carbocycles. The van der Waals surface area contributed by atoms with E-state index in [4.69, 9.17) is 11.6 Å². The third-order valence-electron chi connectivity index (χ3n) is 3.47. The Morgan fingerprint density at radius 2 is 2.00 bits per heavy atom. The van der Waals surface area contributed by atoms with Gasteiger partial charge >= 0.3 is 0 Å². The van der Waals surface area contributed by atoms with Crippen molar-refractivity contribution in [2.45, 2.75) is 6.42 Å². The quantitative estimate of drug-likeness (QED) is 0.752. The van der Waals surface area contributed by atoms with Crippen LogP contribution in [-0.2, 0) is 6.42 Å². The number of amides is 1. The summed E-state index contributed by atoms with van der Waals surface area (Å²) < 4.78 is 13.5. The van der Waals surface area contributed by atoms with Crippen LogP contribution >= 0.6 is 11.6 Å². The van der Waals surface area contributed by atoms with Crippen LogP contribution in [0.5, 0.6) is 0 Å². The molecular weight excluding hydrogens is 303 g/mol. The number of aromatic amines is 1. The van der Waals surface area contributed by atoms with Crippen molar-refractivity contribution in [3.05, 3.63) is 70.6 Å². The molecular formula is C17H14ClFN2O. The normalized spacial score (nSPS) is 10.8. The monoisotopic (exact) mass is 316 g/mol. The second kappa shape index (κ2) is 6.20. The topological polar surface area (TPSA) is 44.9 Å². The van der Waals surface area contributed by atoms with Gasteiger partial charge in [-0.2, -0.15) is 0 Å². The fourth-order valence-corrected chi connectivity index (χ4v) is 2.51. The summed E-state index contributed by atoms with van der Waals surface area (Å²) >= 11 is 5.92. The Kier molecular flexibility index (Phi) is 4.11. The van der Waals surface area contributed by atoms with E-state index in [0.29, 0.717) is 29.2 Å². The number of H-pyrrole nitrogens is 1. The van der Waals surface area contributed by atoms with Crippen molar-refractivity contribution in [3.63, 3.8) is 0 Å². The van der Waals surface area contributed by atoms with E-state index < -0.39 is 0 Å². The van der Waals surface area contributed by atoms with Crippen LogP contribution in [0, 0.1) is 5.82 Å². The molecule has 1 aromatic heterocycles. The Morgan fingerprint density at radius 1 is 1.18 bits per heavy atom. The van der Waals surface area contributed by atoms with Gasteiger partial charge in [0.2, 0.25) is 0 Å². The first-order valence-electron chi connectivity index (χ1n) is 6.93. The summed E-state index contributed by atoms with van der Waals surface area (Å²) in [6, 6.07) is 13.7. The second-order valence-corrected chi connectivity index (χ2v) is 5.45. The molecule has 0 aliphatic heterocycles. The highest BCUT2D eigenvalue weighted by Crippen LogP contribution is 2.20. The molecule has 22 heavy (non-hydrogen) atoms. The maximum absolute atomic E-state index is 13.5. The second-order valence-electron chi connectivity index (χ2n) is 5.01. The van der Waals surface area contributed by atoms with E-state index in [0.717, 1.165) is 10.9 Å². The number of aromatic nitrogens is 1. The number of nitrogens with one attached hydrogen (secondary N) is 2. The number of carbonyl (C=O) groups excluding carboxylic acids is 1. The van der Waals surface area contributed by atoms with Crippen LogP contribution in [0.2, 0.25) is 5.02 Å². The summed E-state index contributed by atoms with van der Waals surface area (Å²) in [6.07, 6.45) is 0.449. The zero-order chi connectivity index (χ0) is 15.5. The summed E-state index contributed by atoms with van der Waals surface area (Å²) in [5.41, 5.74) is 1.90. The van der Waals surface area contributed by atoms with Gasteiger partial charge in [0.05, 0.1) is 0 Å². The first kappa shape index (κ1) is 14.6. The minimum atomic E-state index is -0.253. The molecule has 0 bridgehead atoms. The third kappa shape index (κ3) is 3.12. The molecule has 0 saturated carbocycles. The van der Waals surface area contributed by atoms with Crippen LogP contribution in [0.4, 0.5) is 4.39 Å². The lowest BCUT2D eigenvalue weighted by molar-refractivity contribution is 0.0950. The van der Waals surface area contributed by atoms with Gasteiger partial charge in [0.1, 0.15) is 11.5 Å². The number of hydrogen-bond donors (Lipinski definition) is 2. The largest absolute Gasteiger partial charge is 0.351 e. The molecule has 112 valence electrons. The zero-order valence-corrected chi connectivity index (χ0v) is 12.5. The minimum Gasteiger partial charge on any atom is -0.351 e. The van der Waals surface area contributed by atoms with Gasteiger partial charge in [-0.05, 0) is 42.3 Å². The SMILES string of the molecule is O=C(NCCc1ccccc1F)c1cc2cc(Cl)ccc2[nH]1. The van der Waals surface area contributed by atoms with Crippen molar-refractivity contribution >= 4 is 28.4 Å². The summed E-state index contributed by atoms with van der Waals surface area (Å²) in [5, 5.41) is 4.28. The number of hydrogen-bond acceptors (Lipinski definition) is 1. The van der Waals surface area contributed by atoms with E-state index in [1.165, 1.54) is 6.07 Å². The summed E-state index contributed by atoms with van der Waals surface area (Å²) in [7, 11) is 0. The molecule has 5 heteroatoms. The van der Waals surface area contributed by atoms with Crippen molar-refractivity contribution in [2.75, 3.05) is 6.54 Å². The van der Waals surface area contributed by atoms with E-state index in [-0.39, 0.29) is 11.7 Å². The Labute approximate surface area is 132 Å². The molecule has 0 fully saturated rings. The fourth-order valence-electron chi connectivity index (χ4n) is 2.33. The Balaban J connectivity index is 1.65. The van der Waals surface area contributed by atoms with E-state index in [1.807, 2.05) is 6.07 Å². The first-order valence-corrected chi connectivity index (χ1v) is 7.31. The number of rotatable bonds is 4. The van der Waals surface area contributed by atoms with E-state index in [2.05, 4.69) is 10.3 Å². The predicted octanol–water partition coefficient (Wildman–Crippen LogP) is 3.93. The van der Waals surface area contributed by atoms with Crippen LogP contribution in [0.1, 0.15) is 16.1 Å². The molecule has 0 atom stereocenters. The number of benzene rings is 2. The molecule has 0 aliphatic carbocycles. The highest BCUT2D eigenvalue weighted by Gasteiger charge is 2.09. The zero-order valence-electron chi connectivity index (χ0n) is 11.7. The predicted molar refractivity (Wildman–Crippen MR) is 85.7 cm³/mol. The Bertz CT molecular complexity index is 828. The summed E-state index contributed by atoms with van der Waals surface area (Å²) in [5.74, 6) is -0.472. The van der Waals surface area contributed by atoms with Crippen molar-refractivity contribution in [1.29, 1.82) is 0 Å². The highest BCUT2D eigenvalue weighted by molar-refractivity contribution is 6.31. The molecule has 1 amide bonds. The number of carbonyl (C=O) groups is 1. The lowest BCUT2D eigenvalue weighted by atomic mass is 10.1. The summed E-state index contributed by atoms with van der Waals surface area (Å²) in [4.78, 5) is 15.1. The highest BCUT2D eigenvalue weighted by atomic mass is 35.5. The number of fused-ring (bicyclic) bond motifs is 1. The van der Waals surface area contributed by atoms with Crippen LogP contribution in [0.3, 0.4) is 0 Å². The minimum absolute atomic E-state index is 0.219. The van der Waals surface area contributed by atoms with Gasteiger partial charge in [0.15, 0.2) is 0 Å². The lowest BCUT2D eigenvalue weighted by Crippen LogP contribution is -2.26. The standard InChI is InChI=1S/C17H14ClFN2O/c18-13-5-6-15-12(9-13)10-16(21-15)17(22)20-8-7-11-3-1-2-4-14(11)19/h1-6,9-10,21H,7-8H2,(H,20,22). The van der Waals surface area contributed by atoms with E-state index in [1.54, 1.807) is 36.4 Å². The maximum Gasteiger partial charge on any atom is 0.267 e. The van der Waals surface area contributed by atoms with Gasteiger partial charge in [-0.1, -0.05) is 29.8 Å². The van der Waals surface area contributed by atoms with Gasteiger partial charge in [-0.15, -0.1) is 0 Å². The van der Waals surface area contributed by atoms with E-state index in [9.17, 15) is 9.18 Å². The molecule has 2 N–H and O–H groups in total. The molecule has 0 radical (unpaired) electrons. The molecule has 0 aliphatic rings. The molecule has 3 aromatic rings. The molecule has 1 heterocycles. The van der Waals surface area contributed by atoms with Gasteiger partial charge < -0.3 is 10.3 Å². The van der Waals surface area contributed by atoms with Crippen molar-refractivity contribution in [1.82, 2.24) is 10.3 Å². The van der Waals surface area contributed by atoms with Gasteiger partial charge in [0, 0.05) is 22.5 Å². The molecule has 0 unspecified atom stereocenters.